The second-order valence-electron chi connectivity index (χ2n) is 10.6. The van der Waals surface area contributed by atoms with Crippen molar-refractivity contribution in [3.8, 4) is 22.6 Å². The Morgan fingerprint density at radius 3 is 1.24 bits per heavy atom. The summed E-state index contributed by atoms with van der Waals surface area (Å²) in [5.74, 6) is 1.60. The number of rotatable bonds is 19. The second-order valence-corrected chi connectivity index (χ2v) is 10.6. The summed E-state index contributed by atoms with van der Waals surface area (Å²) in [5, 5.41) is 0. The molecule has 4 rings (SSSR count). The van der Waals surface area contributed by atoms with Gasteiger partial charge >= 0.3 is 0 Å². The Morgan fingerprint density at radius 2 is 0.870 bits per heavy atom. The largest absolute Gasteiger partial charge is 0.491 e. The lowest BCUT2D eigenvalue weighted by atomic mass is 10.00. The van der Waals surface area contributed by atoms with E-state index < -0.39 is 0 Å². The maximum Gasteiger partial charge on any atom is 0.119 e. The molecule has 0 N–H and O–H groups in total. The molecule has 0 spiro atoms. The van der Waals surface area contributed by atoms with Crippen molar-refractivity contribution in [3.05, 3.63) is 107 Å². The van der Waals surface area contributed by atoms with Crippen LogP contribution in [0, 0.1) is 13.8 Å². The number of nitrogens with zero attached hydrogens (tertiary/aromatic N) is 2. The zero-order chi connectivity index (χ0) is 32.4. The van der Waals surface area contributed by atoms with E-state index in [1.165, 1.54) is 0 Å². The van der Waals surface area contributed by atoms with Gasteiger partial charge in [0.2, 0.25) is 0 Å². The van der Waals surface area contributed by atoms with E-state index in [0.717, 1.165) is 56.3 Å². The molecule has 0 atom stereocenters. The lowest BCUT2D eigenvalue weighted by Crippen LogP contribution is -2.09. The molecule has 0 bridgehead atoms. The summed E-state index contributed by atoms with van der Waals surface area (Å²) in [5.41, 5.74) is 8.36. The average molecular weight is 625 g/mol. The van der Waals surface area contributed by atoms with Gasteiger partial charge in [0.25, 0.3) is 0 Å². The molecule has 0 amide bonds. The number of aliphatic imine (C=N–C) groups is 2. The molecule has 0 heterocycles. The van der Waals surface area contributed by atoms with Gasteiger partial charge in [-0.3, -0.25) is 9.98 Å². The fraction of sp³-hybridized carbons (Fsp3) is 0.316. The average Bonchev–Trinajstić information content (AvgIpc) is 3.08. The normalized spacial score (nSPS) is 11.5. The Morgan fingerprint density at radius 1 is 0.478 bits per heavy atom. The minimum atomic E-state index is 0.497. The molecule has 46 heavy (non-hydrogen) atoms. The SMILES string of the molecule is COCCOCCOc1ccc(C=Nc2ccc(-c3ccc(N=Cc4ccc(OCCOCCOC)cc4)c(C)c3)cc2C)cc1. The predicted octanol–water partition coefficient (Wildman–Crippen LogP) is 7.56. The summed E-state index contributed by atoms with van der Waals surface area (Å²) >= 11 is 0. The summed E-state index contributed by atoms with van der Waals surface area (Å²) in [4.78, 5) is 9.46. The van der Waals surface area contributed by atoms with E-state index in [4.69, 9.17) is 38.4 Å². The molecule has 8 nitrogen and oxygen atoms in total. The third-order valence-electron chi connectivity index (χ3n) is 7.05. The van der Waals surface area contributed by atoms with Crippen LogP contribution in [-0.4, -0.2) is 79.5 Å². The minimum Gasteiger partial charge on any atom is -0.491 e. The van der Waals surface area contributed by atoms with Gasteiger partial charge in [0.1, 0.15) is 24.7 Å². The van der Waals surface area contributed by atoms with Crippen LogP contribution in [0.3, 0.4) is 0 Å². The molecule has 0 aliphatic carbocycles. The lowest BCUT2D eigenvalue weighted by Gasteiger charge is -2.09. The van der Waals surface area contributed by atoms with E-state index in [-0.39, 0.29) is 0 Å². The van der Waals surface area contributed by atoms with Crippen molar-refractivity contribution in [1.29, 1.82) is 0 Å². The van der Waals surface area contributed by atoms with Crippen molar-refractivity contribution in [3.63, 3.8) is 0 Å². The van der Waals surface area contributed by atoms with Gasteiger partial charge in [-0.2, -0.15) is 0 Å². The van der Waals surface area contributed by atoms with Crippen LogP contribution in [0.15, 0.2) is 94.9 Å². The summed E-state index contributed by atoms with van der Waals surface area (Å²) < 4.78 is 32.2. The first kappa shape index (κ1) is 34.5. The van der Waals surface area contributed by atoms with Crippen molar-refractivity contribution >= 4 is 23.8 Å². The van der Waals surface area contributed by atoms with Gasteiger partial charge in [0, 0.05) is 26.6 Å². The molecule has 0 aromatic heterocycles. The second kappa shape index (κ2) is 19.2. The quantitative estimate of drug-likeness (QED) is 0.0792. The van der Waals surface area contributed by atoms with Gasteiger partial charge in [-0.25, -0.2) is 0 Å². The summed E-state index contributed by atoms with van der Waals surface area (Å²) in [6.45, 7) is 8.52. The zero-order valence-corrected chi connectivity index (χ0v) is 27.2. The van der Waals surface area contributed by atoms with Crippen LogP contribution in [0.25, 0.3) is 11.1 Å². The molecule has 0 saturated heterocycles. The summed E-state index contributed by atoms with van der Waals surface area (Å²) in [6.07, 6.45) is 3.75. The van der Waals surface area contributed by atoms with Crippen molar-refractivity contribution in [1.82, 2.24) is 0 Å². The highest BCUT2D eigenvalue weighted by atomic mass is 16.5. The Kier molecular flexibility index (Phi) is 14.4. The molecule has 8 heteroatoms. The van der Waals surface area contributed by atoms with Crippen molar-refractivity contribution in [2.75, 3.05) is 67.1 Å². The van der Waals surface area contributed by atoms with Gasteiger partial charge in [-0.1, -0.05) is 12.1 Å². The third kappa shape index (κ3) is 11.5. The molecule has 0 fully saturated rings. The fourth-order valence-corrected chi connectivity index (χ4v) is 4.47. The van der Waals surface area contributed by atoms with Gasteiger partial charge in [0.05, 0.1) is 51.0 Å². The summed E-state index contributed by atoms with van der Waals surface area (Å²) in [6, 6.07) is 28.4. The first-order valence-electron chi connectivity index (χ1n) is 15.4. The van der Waals surface area contributed by atoms with E-state index in [1.54, 1.807) is 14.2 Å². The molecule has 4 aromatic carbocycles. The van der Waals surface area contributed by atoms with E-state index in [0.29, 0.717) is 52.9 Å². The first-order valence-corrected chi connectivity index (χ1v) is 15.4. The number of aryl methyl sites for hydroxylation is 2. The van der Waals surface area contributed by atoms with Crippen molar-refractivity contribution in [2.24, 2.45) is 9.98 Å². The van der Waals surface area contributed by atoms with Gasteiger partial charge in [-0.05, 0) is 120 Å². The zero-order valence-electron chi connectivity index (χ0n) is 27.2. The number of hydrogen-bond acceptors (Lipinski definition) is 8. The Bertz CT molecular complexity index is 1420. The Hall–Kier alpha value is -4.34. The number of methoxy groups -OCH3 is 2. The number of ether oxygens (including phenoxy) is 6. The first-order chi connectivity index (χ1) is 22.6. The van der Waals surface area contributed by atoms with E-state index in [2.05, 4.69) is 50.2 Å². The smallest absolute Gasteiger partial charge is 0.119 e. The van der Waals surface area contributed by atoms with Crippen LogP contribution >= 0.6 is 0 Å². The molecule has 242 valence electrons. The highest BCUT2D eigenvalue weighted by Gasteiger charge is 2.05. The van der Waals surface area contributed by atoms with Crippen molar-refractivity contribution < 1.29 is 28.4 Å². The van der Waals surface area contributed by atoms with Gasteiger partial charge in [-0.15, -0.1) is 0 Å². The van der Waals surface area contributed by atoms with Crippen LogP contribution in [0.1, 0.15) is 22.3 Å². The topological polar surface area (TPSA) is 80.1 Å². The molecule has 0 unspecified atom stereocenters. The minimum absolute atomic E-state index is 0.497. The van der Waals surface area contributed by atoms with Gasteiger partial charge < -0.3 is 28.4 Å². The standard InChI is InChI=1S/C38H44N2O6/c1-29-25-33(9-15-37(29)39-27-31-5-11-35(12-6-31)45-23-21-43-19-17-41-3)34-10-16-38(30(2)26-34)40-28-32-7-13-36(14-8-32)46-24-22-44-20-18-42-4/h5-16,25-28H,17-24H2,1-4H3. The van der Waals surface area contributed by atoms with E-state index in [9.17, 15) is 0 Å². The van der Waals surface area contributed by atoms with E-state index in [1.807, 2.05) is 61.0 Å². The monoisotopic (exact) mass is 624 g/mol. The molecule has 0 aliphatic rings. The molecule has 0 saturated carbocycles. The highest BCUT2D eigenvalue weighted by Crippen LogP contribution is 2.30. The Balaban J connectivity index is 1.28. The molecule has 0 radical (unpaired) electrons. The Labute approximate surface area is 272 Å². The van der Waals surface area contributed by atoms with E-state index >= 15 is 0 Å². The van der Waals surface area contributed by atoms with Gasteiger partial charge in [0.15, 0.2) is 0 Å². The summed E-state index contributed by atoms with van der Waals surface area (Å²) in [7, 11) is 3.31. The molecule has 0 aliphatic heterocycles. The van der Waals surface area contributed by atoms with Crippen LogP contribution in [0.2, 0.25) is 0 Å². The van der Waals surface area contributed by atoms with Crippen LogP contribution in [-0.2, 0) is 18.9 Å². The molecular formula is C38H44N2O6. The maximum absolute atomic E-state index is 5.73. The van der Waals surface area contributed by atoms with Crippen LogP contribution in [0.5, 0.6) is 11.5 Å². The number of hydrogen-bond donors (Lipinski definition) is 0. The molecule has 4 aromatic rings. The maximum atomic E-state index is 5.73. The predicted molar refractivity (Wildman–Crippen MR) is 185 cm³/mol. The third-order valence-corrected chi connectivity index (χ3v) is 7.05. The fourth-order valence-electron chi connectivity index (χ4n) is 4.47. The van der Waals surface area contributed by atoms with Crippen LogP contribution < -0.4 is 9.47 Å². The number of benzene rings is 4. The van der Waals surface area contributed by atoms with Crippen LogP contribution in [0.4, 0.5) is 11.4 Å². The van der Waals surface area contributed by atoms with Crippen molar-refractivity contribution in [2.45, 2.75) is 13.8 Å². The molecular weight excluding hydrogens is 580 g/mol. The lowest BCUT2D eigenvalue weighted by molar-refractivity contribution is 0.0544. The highest BCUT2D eigenvalue weighted by molar-refractivity contribution is 5.84.